The lowest BCUT2D eigenvalue weighted by Crippen LogP contribution is -2.39. The lowest BCUT2D eigenvalue weighted by Gasteiger charge is -2.31. The number of amides is 1. The molecule has 2 aliphatic heterocycles. The number of piperidine rings is 1. The molecule has 1 aromatic heterocycles. The molecule has 0 radical (unpaired) electrons. The molecule has 2 aliphatic rings. The van der Waals surface area contributed by atoms with E-state index in [2.05, 4.69) is 11.9 Å². The predicted molar refractivity (Wildman–Crippen MR) is 93.2 cm³/mol. The summed E-state index contributed by atoms with van der Waals surface area (Å²) >= 11 is 0. The highest BCUT2D eigenvalue weighted by Gasteiger charge is 2.23. The third-order valence-electron chi connectivity index (χ3n) is 5.26. The second-order valence-corrected chi connectivity index (χ2v) is 7.17. The van der Waals surface area contributed by atoms with Crippen molar-refractivity contribution in [3.8, 4) is 0 Å². The van der Waals surface area contributed by atoms with Crippen molar-refractivity contribution in [2.75, 3.05) is 13.1 Å². The summed E-state index contributed by atoms with van der Waals surface area (Å²) in [6.45, 7) is 4.58. The molecule has 126 valence electrons. The Morgan fingerprint density at radius 3 is 2.92 bits per heavy atom. The van der Waals surface area contributed by atoms with Crippen LogP contribution in [0.25, 0.3) is 10.9 Å². The molecular formula is C19H23N3O2. The summed E-state index contributed by atoms with van der Waals surface area (Å²) in [5.41, 5.74) is 1.33. The van der Waals surface area contributed by atoms with Gasteiger partial charge in [0.1, 0.15) is 5.82 Å². The van der Waals surface area contributed by atoms with Crippen LogP contribution in [0, 0.1) is 5.92 Å². The van der Waals surface area contributed by atoms with Crippen LogP contribution in [0.1, 0.15) is 48.8 Å². The van der Waals surface area contributed by atoms with E-state index in [1.807, 2.05) is 4.90 Å². The molecule has 4 rings (SSSR count). The normalized spacial score (nSPS) is 20.9. The minimum atomic E-state index is 0.0280. The molecule has 0 N–H and O–H groups in total. The molecular weight excluding hydrogens is 302 g/mol. The minimum absolute atomic E-state index is 0.0280. The summed E-state index contributed by atoms with van der Waals surface area (Å²) in [6.07, 6.45) is 5.19. The third-order valence-corrected chi connectivity index (χ3v) is 5.26. The number of benzene rings is 1. The molecule has 0 bridgehead atoms. The number of aryl methyl sites for hydroxylation is 1. The largest absolute Gasteiger partial charge is 0.338 e. The Hall–Kier alpha value is -2.17. The molecule has 1 unspecified atom stereocenters. The molecule has 5 heteroatoms. The van der Waals surface area contributed by atoms with Crippen LogP contribution in [0.3, 0.4) is 0 Å². The fourth-order valence-electron chi connectivity index (χ4n) is 3.93. The second kappa shape index (κ2) is 6.04. The van der Waals surface area contributed by atoms with Crippen molar-refractivity contribution < 1.29 is 4.79 Å². The van der Waals surface area contributed by atoms with E-state index in [1.165, 1.54) is 6.42 Å². The number of carbonyl (C=O) groups is 1. The molecule has 3 heterocycles. The number of nitrogens with zero attached hydrogens (tertiary/aromatic N) is 3. The summed E-state index contributed by atoms with van der Waals surface area (Å²) < 4.78 is 1.79. The quantitative estimate of drug-likeness (QED) is 0.810. The van der Waals surface area contributed by atoms with Crippen molar-refractivity contribution >= 4 is 16.8 Å². The van der Waals surface area contributed by atoms with E-state index in [-0.39, 0.29) is 11.5 Å². The molecule has 1 atom stereocenters. The smallest absolute Gasteiger partial charge is 0.261 e. The van der Waals surface area contributed by atoms with Crippen molar-refractivity contribution in [3.05, 3.63) is 39.9 Å². The fraction of sp³-hybridized carbons (Fsp3) is 0.526. The van der Waals surface area contributed by atoms with Gasteiger partial charge in [0.25, 0.3) is 11.5 Å². The molecule has 0 saturated carbocycles. The Labute approximate surface area is 141 Å². The van der Waals surface area contributed by atoms with E-state index in [4.69, 9.17) is 0 Å². The van der Waals surface area contributed by atoms with Gasteiger partial charge < -0.3 is 4.90 Å². The van der Waals surface area contributed by atoms with Crippen LogP contribution in [-0.4, -0.2) is 33.4 Å². The Bertz CT molecular complexity index is 856. The van der Waals surface area contributed by atoms with Crippen molar-refractivity contribution in [2.24, 2.45) is 5.92 Å². The number of rotatable bonds is 1. The van der Waals surface area contributed by atoms with E-state index in [9.17, 15) is 9.59 Å². The second-order valence-electron chi connectivity index (χ2n) is 7.17. The first-order valence-electron chi connectivity index (χ1n) is 8.96. The highest BCUT2D eigenvalue weighted by molar-refractivity contribution is 5.97. The Balaban J connectivity index is 1.73. The Morgan fingerprint density at radius 2 is 2.08 bits per heavy atom. The van der Waals surface area contributed by atoms with Crippen molar-refractivity contribution in [1.29, 1.82) is 0 Å². The summed E-state index contributed by atoms with van der Waals surface area (Å²) in [7, 11) is 0. The number of hydrogen-bond acceptors (Lipinski definition) is 3. The topological polar surface area (TPSA) is 55.2 Å². The van der Waals surface area contributed by atoms with Crippen LogP contribution >= 0.6 is 0 Å². The molecule has 2 aromatic rings. The zero-order chi connectivity index (χ0) is 16.7. The van der Waals surface area contributed by atoms with E-state index < -0.39 is 0 Å². The first kappa shape index (κ1) is 15.4. The molecule has 1 saturated heterocycles. The van der Waals surface area contributed by atoms with Crippen LogP contribution < -0.4 is 5.56 Å². The lowest BCUT2D eigenvalue weighted by atomic mass is 9.99. The van der Waals surface area contributed by atoms with Crippen LogP contribution in [0.4, 0.5) is 0 Å². The standard InChI is InChI=1S/C19H23N3O2/c1-13-5-4-9-21(12-13)18(23)14-7-8-15-16(11-14)20-17-6-2-3-10-22(17)19(15)24/h7-8,11,13H,2-6,9-10,12H2,1H3. The number of carbonyl (C=O) groups excluding carboxylic acids is 1. The maximum Gasteiger partial charge on any atom is 0.261 e. The highest BCUT2D eigenvalue weighted by atomic mass is 16.2. The Kier molecular flexibility index (Phi) is 3.87. The highest BCUT2D eigenvalue weighted by Crippen LogP contribution is 2.20. The number of fused-ring (bicyclic) bond motifs is 2. The van der Waals surface area contributed by atoms with Gasteiger partial charge in [-0.3, -0.25) is 14.2 Å². The van der Waals surface area contributed by atoms with Gasteiger partial charge in [-0.1, -0.05) is 6.92 Å². The maximum atomic E-state index is 12.8. The van der Waals surface area contributed by atoms with Gasteiger partial charge in [0, 0.05) is 31.6 Å². The molecule has 1 fully saturated rings. The zero-order valence-corrected chi connectivity index (χ0v) is 14.1. The summed E-state index contributed by atoms with van der Waals surface area (Å²) in [5.74, 6) is 1.47. The zero-order valence-electron chi connectivity index (χ0n) is 14.1. The fourth-order valence-corrected chi connectivity index (χ4v) is 3.93. The van der Waals surface area contributed by atoms with E-state index in [0.717, 1.165) is 51.1 Å². The van der Waals surface area contributed by atoms with E-state index >= 15 is 0 Å². The van der Waals surface area contributed by atoms with Crippen molar-refractivity contribution in [1.82, 2.24) is 14.5 Å². The molecule has 1 aromatic carbocycles. The van der Waals surface area contributed by atoms with E-state index in [0.29, 0.717) is 22.4 Å². The average Bonchev–Trinajstić information content (AvgIpc) is 2.61. The summed E-state index contributed by atoms with van der Waals surface area (Å²) in [6, 6.07) is 5.35. The monoisotopic (exact) mass is 325 g/mol. The molecule has 24 heavy (non-hydrogen) atoms. The SMILES string of the molecule is CC1CCCN(C(=O)c2ccc3c(=O)n4c(nc3c2)CCCC4)C1. The first-order valence-corrected chi connectivity index (χ1v) is 8.96. The van der Waals surface area contributed by atoms with Gasteiger partial charge in [-0.15, -0.1) is 0 Å². The first-order chi connectivity index (χ1) is 11.6. The van der Waals surface area contributed by atoms with Crippen LogP contribution in [0.2, 0.25) is 0 Å². The van der Waals surface area contributed by atoms with Gasteiger partial charge in [0.15, 0.2) is 0 Å². The molecule has 0 aliphatic carbocycles. The lowest BCUT2D eigenvalue weighted by molar-refractivity contribution is 0.0683. The maximum absolute atomic E-state index is 12.8. The minimum Gasteiger partial charge on any atom is -0.338 e. The van der Waals surface area contributed by atoms with E-state index in [1.54, 1.807) is 22.8 Å². The summed E-state index contributed by atoms with van der Waals surface area (Å²) in [5, 5.41) is 0.615. The van der Waals surface area contributed by atoms with Gasteiger partial charge in [-0.25, -0.2) is 4.98 Å². The van der Waals surface area contributed by atoms with Gasteiger partial charge in [-0.2, -0.15) is 0 Å². The van der Waals surface area contributed by atoms with Crippen LogP contribution in [-0.2, 0) is 13.0 Å². The Morgan fingerprint density at radius 1 is 1.21 bits per heavy atom. The van der Waals surface area contributed by atoms with Crippen molar-refractivity contribution in [2.45, 2.75) is 45.6 Å². The van der Waals surface area contributed by atoms with Crippen LogP contribution in [0.5, 0.6) is 0 Å². The predicted octanol–water partition coefficient (Wildman–Crippen LogP) is 2.60. The average molecular weight is 325 g/mol. The van der Waals surface area contributed by atoms with Crippen LogP contribution in [0.15, 0.2) is 23.0 Å². The van der Waals surface area contributed by atoms with Gasteiger partial charge in [0.05, 0.1) is 10.9 Å². The number of hydrogen-bond donors (Lipinski definition) is 0. The van der Waals surface area contributed by atoms with Gasteiger partial charge in [0.2, 0.25) is 0 Å². The van der Waals surface area contributed by atoms with Gasteiger partial charge in [-0.05, 0) is 49.8 Å². The third kappa shape index (κ3) is 2.62. The summed E-state index contributed by atoms with van der Waals surface area (Å²) in [4.78, 5) is 32.0. The van der Waals surface area contributed by atoms with Crippen molar-refractivity contribution in [3.63, 3.8) is 0 Å². The molecule has 5 nitrogen and oxygen atoms in total. The number of likely N-dealkylation sites (tertiary alicyclic amines) is 1. The molecule has 1 amide bonds. The molecule has 0 spiro atoms. The number of aromatic nitrogens is 2. The van der Waals surface area contributed by atoms with Gasteiger partial charge >= 0.3 is 0 Å².